The zero-order valence-corrected chi connectivity index (χ0v) is 51.7. The molecule has 2 saturated heterocycles. The number of methoxy groups -OCH3 is 2. The number of carbonyl (C=O) groups is 9. The van der Waals surface area contributed by atoms with Crippen molar-refractivity contribution in [3.8, 4) is 23.0 Å². The van der Waals surface area contributed by atoms with Crippen molar-refractivity contribution in [2.45, 2.75) is 123 Å². The number of nitrogens with zero attached hydrogens (tertiary/aromatic N) is 5. The Bertz CT molecular complexity index is 3340. The average Bonchev–Trinajstić information content (AvgIpc) is 1.69. The molecular weight excluding hydrogens is 1150 g/mol. The molecule has 25 nitrogen and oxygen atoms in total. The molecule has 0 spiro atoms. The summed E-state index contributed by atoms with van der Waals surface area (Å²) in [6, 6.07) is 9.49. The van der Waals surface area contributed by atoms with E-state index in [0.717, 1.165) is 27.5 Å². The zero-order valence-electron chi connectivity index (χ0n) is 51.7. The van der Waals surface area contributed by atoms with Gasteiger partial charge in [0.25, 0.3) is 23.6 Å². The highest BCUT2D eigenvalue weighted by molar-refractivity contribution is 6.13. The van der Waals surface area contributed by atoms with Crippen LogP contribution in [0.15, 0.2) is 90.0 Å². The number of rotatable bonds is 26. The van der Waals surface area contributed by atoms with Crippen LogP contribution in [-0.4, -0.2) is 176 Å². The third-order valence-electron chi connectivity index (χ3n) is 15.9. The number of ether oxygens (including phenoxy) is 6. The zero-order chi connectivity index (χ0) is 64.6. The molecule has 5 heterocycles. The minimum Gasteiger partial charge on any atom is -0.493 e. The number of hydrogen-bond acceptors (Lipinski definition) is 17. The SMILES string of the molecule is C=C1C[C@H]2C=Nc3cc(OCCCOc4cc5c(cc4OC)C(=O)N4CC(=C)C[C@H]4C(O)N5C(=O)OCc4ccc(NC(=O)[C@H](C)NC(=O)[C@@H](NC(=O)C(C)(C)COC(C)(C)CCNC(=O)CCN5C(=O)C=CC5=O)C(C)C)cc4)c(OC)cc3C(=O)N2C1. The van der Waals surface area contributed by atoms with Crippen LogP contribution in [0.4, 0.5) is 21.9 Å². The van der Waals surface area contributed by atoms with E-state index in [1.54, 1.807) is 75.2 Å². The lowest BCUT2D eigenvalue weighted by Crippen LogP contribution is -2.56. The third-order valence-corrected chi connectivity index (χ3v) is 15.9. The van der Waals surface area contributed by atoms with Crippen LogP contribution in [0.1, 0.15) is 107 Å². The van der Waals surface area contributed by atoms with Crippen molar-refractivity contribution >= 4 is 76.6 Å². The molecule has 1 unspecified atom stereocenters. The van der Waals surface area contributed by atoms with Crippen LogP contribution >= 0.6 is 0 Å². The molecule has 0 saturated carbocycles. The van der Waals surface area contributed by atoms with Gasteiger partial charge in [0.1, 0.15) is 18.7 Å². The van der Waals surface area contributed by atoms with Gasteiger partial charge in [-0.15, -0.1) is 0 Å². The van der Waals surface area contributed by atoms with Crippen molar-refractivity contribution in [2.24, 2.45) is 16.3 Å². The Morgan fingerprint density at radius 1 is 0.775 bits per heavy atom. The molecule has 8 rings (SSSR count). The summed E-state index contributed by atoms with van der Waals surface area (Å²) in [6.07, 6.45) is 3.07. The lowest BCUT2D eigenvalue weighted by atomic mass is 9.91. The number of amides is 9. The molecule has 9 amide bonds. The highest BCUT2D eigenvalue weighted by Crippen LogP contribution is 2.43. The van der Waals surface area contributed by atoms with Crippen LogP contribution in [0.5, 0.6) is 23.0 Å². The van der Waals surface area contributed by atoms with Crippen molar-refractivity contribution in [3.63, 3.8) is 0 Å². The molecule has 2 fully saturated rings. The van der Waals surface area contributed by atoms with Gasteiger partial charge in [0.05, 0.1) is 79.6 Å². The first-order valence-corrected chi connectivity index (χ1v) is 29.5. The first-order valence-electron chi connectivity index (χ1n) is 29.5. The average molecular weight is 1230 g/mol. The Kier molecular flexibility index (Phi) is 20.7. The molecule has 0 aromatic heterocycles. The number of benzene rings is 3. The second kappa shape index (κ2) is 27.9. The molecule has 3 aromatic rings. The van der Waals surface area contributed by atoms with E-state index < -0.39 is 76.9 Å². The highest BCUT2D eigenvalue weighted by atomic mass is 16.6. The van der Waals surface area contributed by atoms with Crippen LogP contribution < -0.4 is 45.1 Å². The molecule has 0 bridgehead atoms. The van der Waals surface area contributed by atoms with Crippen molar-refractivity contribution in [3.05, 3.63) is 102 Å². The number of fused-ring (bicyclic) bond motifs is 4. The topological polar surface area (TPSA) is 303 Å². The summed E-state index contributed by atoms with van der Waals surface area (Å²) in [5, 5.41) is 23.0. The van der Waals surface area contributed by atoms with E-state index in [9.17, 15) is 48.3 Å². The van der Waals surface area contributed by atoms with E-state index in [0.29, 0.717) is 65.4 Å². The van der Waals surface area contributed by atoms with E-state index in [1.807, 2.05) is 13.8 Å². The van der Waals surface area contributed by atoms with Gasteiger partial charge < -0.3 is 64.6 Å². The van der Waals surface area contributed by atoms with Gasteiger partial charge in [0.2, 0.25) is 23.6 Å². The Labute approximate surface area is 516 Å². The van der Waals surface area contributed by atoms with Crippen LogP contribution in [-0.2, 0) is 44.8 Å². The summed E-state index contributed by atoms with van der Waals surface area (Å²) in [5.41, 5.74) is 1.55. The lowest BCUT2D eigenvalue weighted by Gasteiger charge is -2.33. The summed E-state index contributed by atoms with van der Waals surface area (Å²) in [5.74, 6) is -2.79. The van der Waals surface area contributed by atoms with Crippen molar-refractivity contribution < 1.29 is 76.7 Å². The fourth-order valence-corrected chi connectivity index (χ4v) is 10.6. The molecule has 476 valence electrons. The van der Waals surface area contributed by atoms with Gasteiger partial charge in [-0.2, -0.15) is 0 Å². The van der Waals surface area contributed by atoms with Gasteiger partial charge in [-0.1, -0.05) is 50.3 Å². The molecule has 5 atom stereocenters. The van der Waals surface area contributed by atoms with Gasteiger partial charge in [0.15, 0.2) is 29.2 Å². The van der Waals surface area contributed by atoms with E-state index in [4.69, 9.17) is 28.4 Å². The van der Waals surface area contributed by atoms with Gasteiger partial charge in [-0.05, 0) is 89.6 Å². The molecule has 0 aliphatic carbocycles. The highest BCUT2D eigenvalue weighted by Gasteiger charge is 2.47. The summed E-state index contributed by atoms with van der Waals surface area (Å²) in [4.78, 5) is 128. The third kappa shape index (κ3) is 15.6. The van der Waals surface area contributed by atoms with Crippen molar-refractivity contribution in [1.29, 1.82) is 0 Å². The molecule has 5 aliphatic rings. The minimum absolute atomic E-state index is 0.0212. The number of aliphatic imine (C=N–C) groups is 1. The Morgan fingerprint density at radius 3 is 2.04 bits per heavy atom. The fourth-order valence-electron chi connectivity index (χ4n) is 10.6. The summed E-state index contributed by atoms with van der Waals surface area (Å²) in [7, 11) is 2.90. The Morgan fingerprint density at radius 2 is 1.39 bits per heavy atom. The molecule has 3 aromatic carbocycles. The monoisotopic (exact) mass is 1230 g/mol. The number of anilines is 2. The summed E-state index contributed by atoms with van der Waals surface area (Å²) < 4.78 is 35.5. The van der Waals surface area contributed by atoms with Gasteiger partial charge in [-0.25, -0.2) is 9.69 Å². The number of imide groups is 1. The predicted octanol–water partition coefficient (Wildman–Crippen LogP) is 5.51. The molecule has 89 heavy (non-hydrogen) atoms. The molecule has 5 aliphatic heterocycles. The van der Waals surface area contributed by atoms with Gasteiger partial charge >= 0.3 is 6.09 Å². The second-order valence-electron chi connectivity index (χ2n) is 24.2. The Hall–Kier alpha value is -9.10. The summed E-state index contributed by atoms with van der Waals surface area (Å²) in [6.45, 7) is 20.8. The molecular formula is C64H79N9O16. The van der Waals surface area contributed by atoms with Gasteiger partial charge in [0, 0.05) is 75.2 Å². The molecule has 0 radical (unpaired) electrons. The first-order chi connectivity index (χ1) is 42.2. The minimum atomic E-state index is -1.56. The van der Waals surface area contributed by atoms with Gasteiger partial charge in [-0.3, -0.25) is 48.2 Å². The molecule has 25 heteroatoms. The number of aliphatic hydroxyl groups is 1. The second-order valence-corrected chi connectivity index (χ2v) is 24.2. The fraction of sp³-hybridized carbons (Fsp3) is 0.469. The maximum atomic E-state index is 14.3. The normalized spacial score (nSPS) is 18.6. The summed E-state index contributed by atoms with van der Waals surface area (Å²) >= 11 is 0. The van der Waals surface area contributed by atoms with E-state index in [-0.39, 0.29) is 105 Å². The van der Waals surface area contributed by atoms with Crippen LogP contribution in [0.3, 0.4) is 0 Å². The van der Waals surface area contributed by atoms with Crippen LogP contribution in [0.2, 0.25) is 0 Å². The standard InChI is InChI=1S/C64H79N9O16/c1-36(2)55(69-61(82)63(6,7)35-89-64(8,9)20-21-65-52(74)19-22-70-53(75)17-18-54(70)76)57(78)67-39(5)56(77)68-41-15-13-40(14-16-41)34-88-62(83)73-46-30-51(49(85-11)28-44(46)59(80)72-33-38(4)26-47(72)60(73)81)87-24-12-23-86-50-29-45-43(27-48(50)84-10)58(79)71-32-37(3)25-42(71)31-66-45/h13-18,27-31,36,39,42,47,55,60,81H,3-4,12,19-26,32-35H2,1-2,5-11H3,(H,65,74)(H,67,78)(H,68,77)(H,69,82)/t39-,42-,47-,55-,60?/m0/s1. The lowest BCUT2D eigenvalue weighted by molar-refractivity contribution is -0.141. The smallest absolute Gasteiger partial charge is 0.416 e. The largest absolute Gasteiger partial charge is 0.493 e. The molecule has 5 N–H and O–H groups in total. The van der Waals surface area contributed by atoms with Crippen molar-refractivity contribution in [2.75, 3.05) is 70.4 Å². The van der Waals surface area contributed by atoms with Crippen LogP contribution in [0.25, 0.3) is 0 Å². The number of aliphatic hydroxyl groups excluding tert-OH is 1. The van der Waals surface area contributed by atoms with E-state index >= 15 is 0 Å². The maximum absolute atomic E-state index is 14.3. The Balaban J connectivity index is 0.828. The first kappa shape index (κ1) is 65.9. The van der Waals surface area contributed by atoms with Crippen molar-refractivity contribution in [1.82, 2.24) is 30.7 Å². The van der Waals surface area contributed by atoms with Crippen LogP contribution in [0, 0.1) is 11.3 Å². The van der Waals surface area contributed by atoms with E-state index in [1.165, 1.54) is 38.2 Å². The number of nitrogens with one attached hydrogen (secondary N) is 4. The predicted molar refractivity (Wildman–Crippen MR) is 327 cm³/mol. The van der Waals surface area contributed by atoms with E-state index in [2.05, 4.69) is 39.4 Å². The maximum Gasteiger partial charge on any atom is 0.416 e. The number of hydrogen-bond donors (Lipinski definition) is 5. The quantitative estimate of drug-likeness (QED) is 0.0376. The number of carbonyl (C=O) groups excluding carboxylic acids is 9.